The Balaban J connectivity index is 1.90. The summed E-state index contributed by atoms with van der Waals surface area (Å²) in [5.41, 5.74) is 6.14. The van der Waals surface area contributed by atoms with Crippen molar-refractivity contribution in [2.75, 3.05) is 32.2 Å². The van der Waals surface area contributed by atoms with Crippen LogP contribution in [0.25, 0.3) is 0 Å². The van der Waals surface area contributed by atoms with Gasteiger partial charge in [-0.3, -0.25) is 4.79 Å². The van der Waals surface area contributed by atoms with Gasteiger partial charge in [0.15, 0.2) is 0 Å². The molecule has 0 aliphatic carbocycles. The second kappa shape index (κ2) is 8.33. The van der Waals surface area contributed by atoms with E-state index in [-0.39, 0.29) is 12.0 Å². The van der Waals surface area contributed by atoms with Gasteiger partial charge in [0, 0.05) is 19.3 Å². The van der Waals surface area contributed by atoms with Gasteiger partial charge in [0.2, 0.25) is 0 Å². The number of benzene rings is 1. The lowest BCUT2D eigenvalue weighted by Gasteiger charge is -2.14. The maximum absolute atomic E-state index is 12.1. The van der Waals surface area contributed by atoms with Crippen LogP contribution < -0.4 is 15.8 Å². The highest BCUT2D eigenvalue weighted by molar-refractivity contribution is 6.32. The summed E-state index contributed by atoms with van der Waals surface area (Å²) in [6.45, 7) is 1.33. The Hall–Kier alpha value is -1.34. The normalized spacial score (nSPS) is 20.9. The van der Waals surface area contributed by atoms with Crippen LogP contribution in [0, 0.1) is 0 Å². The first-order chi connectivity index (χ1) is 10.6. The van der Waals surface area contributed by atoms with E-state index in [4.69, 9.17) is 31.5 Å². The van der Waals surface area contributed by atoms with Gasteiger partial charge in [-0.1, -0.05) is 11.6 Å². The van der Waals surface area contributed by atoms with Crippen molar-refractivity contribution in [1.29, 1.82) is 0 Å². The molecule has 0 bridgehead atoms. The lowest BCUT2D eigenvalue weighted by Crippen LogP contribution is -2.29. The number of hydrogen-bond acceptors (Lipinski definition) is 5. The van der Waals surface area contributed by atoms with E-state index in [1.165, 1.54) is 0 Å². The number of carbonyl (C=O) groups excluding carboxylic acids is 1. The molecule has 7 heteroatoms. The fraction of sp³-hybridized carbons (Fsp3) is 0.533. The van der Waals surface area contributed by atoms with Crippen LogP contribution in [0.2, 0.25) is 5.02 Å². The number of halogens is 1. The average Bonchev–Trinajstić information content (AvgIpc) is 2.99. The zero-order valence-corrected chi connectivity index (χ0v) is 13.3. The molecule has 6 nitrogen and oxygen atoms in total. The molecular formula is C15H21ClN2O4. The molecule has 0 unspecified atom stereocenters. The van der Waals surface area contributed by atoms with Gasteiger partial charge in [-0.25, -0.2) is 0 Å². The standard InChI is InChI=1S/C15H21ClN2O4/c1-20-6-7-21-13-4-2-10(8-12(13)16)18-15(19)14-5-3-11(9-17)22-14/h2,4,8,11,14H,3,5-7,9,17H2,1H3,(H,18,19)/t11-,14+/m1/s1. The van der Waals surface area contributed by atoms with E-state index in [1.54, 1.807) is 25.3 Å². The average molecular weight is 329 g/mol. The highest BCUT2D eigenvalue weighted by Gasteiger charge is 2.29. The summed E-state index contributed by atoms with van der Waals surface area (Å²) in [6, 6.07) is 5.10. The fourth-order valence-electron chi connectivity index (χ4n) is 2.23. The van der Waals surface area contributed by atoms with E-state index in [2.05, 4.69) is 5.32 Å². The largest absolute Gasteiger partial charge is 0.490 e. The number of methoxy groups -OCH3 is 1. The van der Waals surface area contributed by atoms with Crippen LogP contribution in [0.15, 0.2) is 18.2 Å². The molecule has 3 N–H and O–H groups in total. The zero-order chi connectivity index (χ0) is 15.9. The van der Waals surface area contributed by atoms with Gasteiger partial charge in [-0.05, 0) is 31.0 Å². The first-order valence-corrected chi connectivity index (χ1v) is 7.59. The van der Waals surface area contributed by atoms with Gasteiger partial charge in [-0.15, -0.1) is 0 Å². The Morgan fingerprint density at radius 1 is 1.45 bits per heavy atom. The molecule has 1 heterocycles. The fourth-order valence-corrected chi connectivity index (χ4v) is 2.46. The topological polar surface area (TPSA) is 82.8 Å². The van der Waals surface area contributed by atoms with E-state index in [1.807, 2.05) is 0 Å². The Morgan fingerprint density at radius 3 is 2.91 bits per heavy atom. The lowest BCUT2D eigenvalue weighted by atomic mass is 10.2. The molecular weight excluding hydrogens is 308 g/mol. The van der Waals surface area contributed by atoms with Crippen molar-refractivity contribution in [2.45, 2.75) is 25.0 Å². The minimum atomic E-state index is -0.454. The van der Waals surface area contributed by atoms with Crippen LogP contribution in [0.5, 0.6) is 5.75 Å². The van der Waals surface area contributed by atoms with Gasteiger partial charge in [0.05, 0.1) is 17.7 Å². The quantitative estimate of drug-likeness (QED) is 0.746. The molecule has 122 valence electrons. The van der Waals surface area contributed by atoms with Crippen LogP contribution in [-0.4, -0.2) is 45.0 Å². The molecule has 1 aromatic rings. The van der Waals surface area contributed by atoms with E-state index in [9.17, 15) is 4.79 Å². The van der Waals surface area contributed by atoms with E-state index < -0.39 is 6.10 Å². The number of rotatable bonds is 7. The summed E-state index contributed by atoms with van der Waals surface area (Å²) in [5, 5.41) is 3.23. The molecule has 1 amide bonds. The molecule has 22 heavy (non-hydrogen) atoms. The minimum Gasteiger partial charge on any atom is -0.490 e. The third kappa shape index (κ3) is 4.58. The molecule has 0 aromatic heterocycles. The van der Waals surface area contributed by atoms with Crippen molar-refractivity contribution in [3.63, 3.8) is 0 Å². The maximum Gasteiger partial charge on any atom is 0.253 e. The molecule has 0 saturated carbocycles. The smallest absolute Gasteiger partial charge is 0.253 e. The zero-order valence-electron chi connectivity index (χ0n) is 12.5. The second-order valence-corrected chi connectivity index (χ2v) is 5.44. The van der Waals surface area contributed by atoms with E-state index in [0.29, 0.717) is 42.6 Å². The van der Waals surface area contributed by atoms with E-state index >= 15 is 0 Å². The number of carbonyl (C=O) groups is 1. The van der Waals surface area contributed by atoms with Gasteiger partial charge in [0.25, 0.3) is 5.91 Å². The molecule has 1 aromatic carbocycles. The molecule has 2 rings (SSSR count). The number of anilines is 1. The molecule has 0 radical (unpaired) electrons. The third-order valence-corrected chi connectivity index (χ3v) is 3.70. The summed E-state index contributed by atoms with van der Waals surface area (Å²) < 4.78 is 15.9. The van der Waals surface area contributed by atoms with Gasteiger partial charge < -0.3 is 25.3 Å². The molecule has 1 aliphatic heterocycles. The van der Waals surface area contributed by atoms with Crippen LogP contribution >= 0.6 is 11.6 Å². The molecule has 1 fully saturated rings. The van der Waals surface area contributed by atoms with Crippen LogP contribution in [0.1, 0.15) is 12.8 Å². The van der Waals surface area contributed by atoms with Crippen LogP contribution in [0.4, 0.5) is 5.69 Å². The summed E-state index contributed by atoms with van der Waals surface area (Å²) in [7, 11) is 1.60. The van der Waals surface area contributed by atoms with Crippen LogP contribution in [-0.2, 0) is 14.3 Å². The van der Waals surface area contributed by atoms with E-state index in [0.717, 1.165) is 6.42 Å². The minimum absolute atomic E-state index is 0.0316. The Morgan fingerprint density at radius 2 is 2.27 bits per heavy atom. The number of nitrogens with one attached hydrogen (secondary N) is 1. The highest BCUT2D eigenvalue weighted by atomic mass is 35.5. The first-order valence-electron chi connectivity index (χ1n) is 7.21. The molecule has 1 saturated heterocycles. The van der Waals surface area contributed by atoms with Crippen molar-refractivity contribution in [2.24, 2.45) is 5.73 Å². The predicted molar refractivity (Wildman–Crippen MR) is 84.4 cm³/mol. The lowest BCUT2D eigenvalue weighted by molar-refractivity contribution is -0.126. The van der Waals surface area contributed by atoms with Gasteiger partial charge in [0.1, 0.15) is 18.5 Å². The summed E-state index contributed by atoms with van der Waals surface area (Å²) in [4.78, 5) is 12.1. The molecule has 0 spiro atoms. The van der Waals surface area contributed by atoms with Crippen molar-refractivity contribution in [1.82, 2.24) is 0 Å². The van der Waals surface area contributed by atoms with Crippen molar-refractivity contribution in [3.8, 4) is 5.75 Å². The van der Waals surface area contributed by atoms with Gasteiger partial charge in [-0.2, -0.15) is 0 Å². The second-order valence-electron chi connectivity index (χ2n) is 5.04. The highest BCUT2D eigenvalue weighted by Crippen LogP contribution is 2.28. The number of ether oxygens (including phenoxy) is 3. The van der Waals surface area contributed by atoms with Crippen molar-refractivity contribution < 1.29 is 19.0 Å². The predicted octanol–water partition coefficient (Wildman–Crippen LogP) is 1.81. The monoisotopic (exact) mass is 328 g/mol. The summed E-state index contributed by atoms with van der Waals surface area (Å²) >= 11 is 6.13. The first kappa shape index (κ1) is 17.0. The van der Waals surface area contributed by atoms with Crippen molar-refractivity contribution >= 4 is 23.2 Å². The Kier molecular flexibility index (Phi) is 6.45. The summed E-state index contributed by atoms with van der Waals surface area (Å²) in [6.07, 6.45) is 1.00. The Labute approximate surface area is 134 Å². The summed E-state index contributed by atoms with van der Waals surface area (Å²) in [5.74, 6) is 0.372. The number of hydrogen-bond donors (Lipinski definition) is 2. The number of amides is 1. The number of nitrogens with two attached hydrogens (primary N) is 1. The third-order valence-electron chi connectivity index (χ3n) is 3.41. The molecule has 2 atom stereocenters. The molecule has 1 aliphatic rings. The Bertz CT molecular complexity index is 512. The van der Waals surface area contributed by atoms with Crippen LogP contribution in [0.3, 0.4) is 0 Å². The SMILES string of the molecule is COCCOc1ccc(NC(=O)[C@@H]2CC[C@H](CN)O2)cc1Cl. The van der Waals surface area contributed by atoms with Crippen molar-refractivity contribution in [3.05, 3.63) is 23.2 Å². The maximum atomic E-state index is 12.1. The van der Waals surface area contributed by atoms with Gasteiger partial charge >= 0.3 is 0 Å².